The molecule has 4 aromatic rings. The van der Waals surface area contributed by atoms with Crippen LogP contribution >= 0.6 is 111 Å². The second-order valence-corrected chi connectivity index (χ2v) is 56.3. The van der Waals surface area contributed by atoms with Crippen LogP contribution in [0.15, 0.2) is 107 Å². The molecule has 0 spiro atoms. The number of oxime groups is 2. The topological polar surface area (TPSA) is 264 Å². The first-order chi connectivity index (χ1) is 26.4. The standard InChI is InChI=1S/C15H11FN2O4.C8H8N2O3.C7H4ClFO.CH2O3.5HI.2K.2V.H/c16-12-7-2-1-6-11(12)15(21)22-18-13(17)9-4-3-5-10(8-9)14(19)20;9-7(10-13)5-2-1-3-6(4-5)8(11)12;8-7(10)5-3-1-2-4-6(5)9;2-1-4-3;;;;;;;;;;/h1-8H,(H2,17,18)(H,19,20);1-4,13H,(H2,9,10)(H,11,12);1-4H;1,3H;5*1H;;;;;/q;;;;;;;;;2*+1;+2;+3;-1/p-6. The van der Waals surface area contributed by atoms with E-state index < -0.39 is 34.8 Å². The van der Waals surface area contributed by atoms with Gasteiger partial charge in [-0.3, -0.25) is 9.59 Å². The normalized spacial score (nSPS) is 9.55. The minimum atomic E-state index is -1.13. The number of carboxylic acids is 2. The van der Waals surface area contributed by atoms with Gasteiger partial charge in [0.25, 0.3) is 11.7 Å². The number of carboxylic acid groups (broad SMARTS) is 2. The molecule has 0 saturated carbocycles. The predicted octanol–water partition coefficient (Wildman–Crippen LogP) is 1.66. The van der Waals surface area contributed by atoms with Gasteiger partial charge in [0, 0.05) is 11.1 Å². The van der Waals surface area contributed by atoms with Crippen molar-refractivity contribution in [3.05, 3.63) is 142 Å². The van der Waals surface area contributed by atoms with Crippen molar-refractivity contribution >= 4 is 153 Å². The SMILES string of the molecule is N/C(=N/O)c1cccc(C(=O)O)c1.N/C(=N/OC(=O)c1ccccc1F)c1cccc(C(=O)O)c1.O=C(Cl)c1ccccc1F.O=CO[O-].[H-].[I][V]([I])[I].[I][V][I].[K+].[K+]. The van der Waals surface area contributed by atoms with Crippen LogP contribution in [0.25, 0.3) is 0 Å². The van der Waals surface area contributed by atoms with Crippen LogP contribution in [-0.2, 0) is 28.9 Å². The number of carbonyl (C=O) groups is 5. The van der Waals surface area contributed by atoms with Crippen LogP contribution in [0, 0.1) is 11.6 Å². The van der Waals surface area contributed by atoms with E-state index in [1.165, 1.54) is 78.9 Å². The number of benzene rings is 4. The Kier molecular flexibility index (Phi) is 46.8. The molecular formula is C31H25ClF2I5K2N4O11V2. The average molecular weight is 1520 g/mol. The maximum absolute atomic E-state index is 13.4. The van der Waals surface area contributed by atoms with E-state index in [1.54, 1.807) is 12.1 Å². The summed E-state index contributed by atoms with van der Waals surface area (Å²) >= 11 is 17.2. The van der Waals surface area contributed by atoms with Crippen molar-refractivity contribution in [2.24, 2.45) is 21.8 Å². The second-order valence-electron chi connectivity index (χ2n) is 8.79. The number of amidine groups is 2. The molecule has 0 aromatic heterocycles. The Morgan fingerprint density at radius 3 is 1.41 bits per heavy atom. The molecule has 0 aliphatic carbocycles. The third-order valence-corrected chi connectivity index (χ3v) is 5.57. The van der Waals surface area contributed by atoms with Crippen molar-refractivity contribution in [2.45, 2.75) is 0 Å². The molecule has 15 nitrogen and oxygen atoms in total. The van der Waals surface area contributed by atoms with Gasteiger partial charge in [-0.1, -0.05) is 58.8 Å². The zero-order chi connectivity index (χ0) is 43.2. The molecule has 7 N–H and O–H groups in total. The summed E-state index contributed by atoms with van der Waals surface area (Å²) in [5.41, 5.74) is 11.3. The van der Waals surface area contributed by atoms with E-state index in [4.69, 9.17) is 48.5 Å². The largest absolute Gasteiger partial charge is 1.00 e. The van der Waals surface area contributed by atoms with E-state index >= 15 is 0 Å². The summed E-state index contributed by atoms with van der Waals surface area (Å²) in [6.45, 7) is -0.181. The second kappa shape index (κ2) is 41.1. The van der Waals surface area contributed by atoms with E-state index in [0.29, 0.717) is 15.0 Å². The van der Waals surface area contributed by atoms with Crippen LogP contribution in [0.3, 0.4) is 0 Å². The summed E-state index contributed by atoms with van der Waals surface area (Å²) in [5, 5.41) is 39.7. The average Bonchev–Trinajstić information content (AvgIpc) is 3.17. The fourth-order valence-corrected chi connectivity index (χ4v) is 3.27. The van der Waals surface area contributed by atoms with Crippen molar-refractivity contribution in [3.8, 4) is 0 Å². The maximum atomic E-state index is 13.4. The fraction of sp³-hybridized carbons (Fsp3) is 0. The van der Waals surface area contributed by atoms with Crippen molar-refractivity contribution < 1.29 is 182 Å². The van der Waals surface area contributed by atoms with Crippen LogP contribution in [0.1, 0.15) is 54.0 Å². The zero-order valence-electron chi connectivity index (χ0n) is 30.4. The summed E-state index contributed by atoms with van der Waals surface area (Å²) in [6, 6.07) is 22.3. The number of aromatic carboxylic acids is 2. The third-order valence-electron chi connectivity index (χ3n) is 5.36. The third kappa shape index (κ3) is 32.1. The Balaban J connectivity index is -0.000000226. The molecule has 0 amide bonds. The number of halogens is 8. The number of rotatable bonds is 8. The van der Waals surface area contributed by atoms with E-state index in [2.05, 4.69) is 120 Å². The number of hydrogen-bond donors (Lipinski definition) is 5. The summed E-state index contributed by atoms with van der Waals surface area (Å²) < 4.78 is 25.9. The van der Waals surface area contributed by atoms with Gasteiger partial charge < -0.3 is 43.3 Å². The van der Waals surface area contributed by atoms with Gasteiger partial charge in [-0.2, -0.15) is 0 Å². The Bertz CT molecular complexity index is 1960. The molecule has 0 aliphatic rings. The van der Waals surface area contributed by atoms with Gasteiger partial charge in [0.2, 0.25) is 0 Å². The van der Waals surface area contributed by atoms with Gasteiger partial charge in [-0.05, 0) is 60.1 Å². The van der Waals surface area contributed by atoms with Gasteiger partial charge in [0.05, 0.1) is 22.3 Å². The maximum Gasteiger partial charge on any atom is 1.00 e. The molecule has 4 rings (SSSR count). The first kappa shape index (κ1) is 66.0. The zero-order valence-corrected chi connectivity index (χ0v) is 50.0. The molecule has 58 heavy (non-hydrogen) atoms. The summed E-state index contributed by atoms with van der Waals surface area (Å²) in [7, 11) is 0.628. The van der Waals surface area contributed by atoms with Crippen molar-refractivity contribution in [2.75, 3.05) is 0 Å². The Morgan fingerprint density at radius 2 is 1.10 bits per heavy atom. The molecule has 0 unspecified atom stereocenters. The summed E-state index contributed by atoms with van der Waals surface area (Å²) in [6.07, 6.45) is 0. The molecule has 0 bridgehead atoms. The fourth-order valence-electron chi connectivity index (χ4n) is 3.12. The monoisotopic (exact) mass is 1520 g/mol. The van der Waals surface area contributed by atoms with Crippen molar-refractivity contribution in [1.82, 2.24) is 0 Å². The van der Waals surface area contributed by atoms with E-state index in [9.17, 15) is 28.0 Å². The molecule has 0 atom stereocenters. The van der Waals surface area contributed by atoms with Crippen molar-refractivity contribution in [1.29, 1.82) is 0 Å². The molecule has 0 fully saturated rings. The minimum absolute atomic E-state index is 0. The Morgan fingerprint density at radius 1 is 0.759 bits per heavy atom. The summed E-state index contributed by atoms with van der Waals surface area (Å²) in [5.74, 6) is -4.81. The van der Waals surface area contributed by atoms with Gasteiger partial charge in [0.15, 0.2) is 11.7 Å². The Labute approximate surface area is 488 Å². The minimum Gasteiger partial charge on any atom is 1.00 e. The van der Waals surface area contributed by atoms with Crippen LogP contribution in [0.4, 0.5) is 8.78 Å². The number of hydrogen-bond acceptors (Lipinski definition) is 11. The molecule has 303 valence electrons. The van der Waals surface area contributed by atoms with Gasteiger partial charge in [-0.25, -0.2) is 23.2 Å². The van der Waals surface area contributed by atoms with Crippen LogP contribution in [-0.4, -0.2) is 56.7 Å². The molecule has 0 aliphatic heterocycles. The first-order valence-electron chi connectivity index (χ1n) is 13.7. The molecule has 27 heteroatoms. The molecule has 0 heterocycles. The van der Waals surface area contributed by atoms with Crippen LogP contribution < -0.4 is 119 Å². The Hall–Kier alpha value is 1.37. The molecule has 4 aromatic carbocycles. The van der Waals surface area contributed by atoms with Crippen molar-refractivity contribution in [3.63, 3.8) is 0 Å². The van der Waals surface area contributed by atoms with Crippen LogP contribution in [0.2, 0.25) is 0 Å². The quantitative estimate of drug-likeness (QED) is 0.0161. The first-order valence-corrected chi connectivity index (χ1v) is 36.6. The van der Waals surface area contributed by atoms with E-state index in [-0.39, 0.29) is 155 Å². The number of carbonyl (C=O) groups excluding carboxylic acids is 3. The molecule has 0 saturated heterocycles. The smallest absolute Gasteiger partial charge is 1.00 e. The molecular weight excluding hydrogens is 1490 g/mol. The predicted molar refractivity (Wildman–Crippen MR) is 237 cm³/mol. The summed E-state index contributed by atoms with van der Waals surface area (Å²) in [4.78, 5) is 59.0. The van der Waals surface area contributed by atoms with E-state index in [1.807, 2.05) is 0 Å². The number of nitrogens with zero attached hydrogens (tertiary/aromatic N) is 2. The molecule has 0 radical (unpaired) electrons. The number of nitrogens with two attached hydrogens (primary N) is 2. The van der Waals surface area contributed by atoms with Crippen LogP contribution in [0.5, 0.6) is 0 Å². The van der Waals surface area contributed by atoms with Gasteiger partial charge >= 0.3 is 235 Å². The van der Waals surface area contributed by atoms with Gasteiger partial charge in [-0.15, -0.1) is 0 Å². The van der Waals surface area contributed by atoms with E-state index in [0.717, 1.165) is 6.07 Å². The van der Waals surface area contributed by atoms with Gasteiger partial charge in [0.1, 0.15) is 11.6 Å².